The van der Waals surface area contributed by atoms with Crippen molar-refractivity contribution in [3.63, 3.8) is 0 Å². The Morgan fingerprint density at radius 3 is 2.79 bits per heavy atom. The van der Waals surface area contributed by atoms with Gasteiger partial charge in [0.25, 0.3) is 0 Å². The second-order valence-corrected chi connectivity index (χ2v) is 4.20. The molecular weight excluding hydrogens is 271 g/mol. The number of aromatic nitrogens is 1. The van der Waals surface area contributed by atoms with Crippen LogP contribution in [0.3, 0.4) is 0 Å². The summed E-state index contributed by atoms with van der Waals surface area (Å²) < 4.78 is 17.9. The van der Waals surface area contributed by atoms with Gasteiger partial charge >= 0.3 is 5.97 Å². The lowest BCUT2D eigenvalue weighted by molar-refractivity contribution is 0.0466. The number of anilines is 1. The molecule has 0 aliphatic rings. The summed E-state index contributed by atoms with van der Waals surface area (Å²) in [5, 5.41) is 0.207. The van der Waals surface area contributed by atoms with Gasteiger partial charge in [-0.25, -0.2) is 14.2 Å². The lowest BCUT2D eigenvalue weighted by Crippen LogP contribution is -2.07. The van der Waals surface area contributed by atoms with E-state index in [1.807, 2.05) is 0 Å². The molecule has 0 radical (unpaired) electrons. The molecule has 4 nitrogen and oxygen atoms in total. The summed E-state index contributed by atoms with van der Waals surface area (Å²) in [4.78, 5) is 15.5. The topological polar surface area (TPSA) is 65.2 Å². The monoisotopic (exact) mass is 280 g/mol. The van der Waals surface area contributed by atoms with E-state index in [1.165, 1.54) is 24.4 Å². The number of carbonyl (C=O) groups is 1. The highest BCUT2D eigenvalue weighted by atomic mass is 35.5. The molecule has 1 aromatic heterocycles. The van der Waals surface area contributed by atoms with E-state index in [1.54, 1.807) is 6.07 Å². The van der Waals surface area contributed by atoms with Gasteiger partial charge in [-0.15, -0.1) is 0 Å². The number of nitrogens with zero attached hydrogens (tertiary/aromatic N) is 1. The molecule has 19 heavy (non-hydrogen) atoms. The molecule has 0 aliphatic carbocycles. The Kier molecular flexibility index (Phi) is 3.97. The van der Waals surface area contributed by atoms with E-state index in [0.717, 1.165) is 6.07 Å². The number of nitrogens with two attached hydrogens (primary N) is 1. The van der Waals surface area contributed by atoms with E-state index in [4.69, 9.17) is 22.1 Å². The molecule has 0 unspecified atom stereocenters. The smallest absolute Gasteiger partial charge is 0.357 e. The molecule has 1 heterocycles. The van der Waals surface area contributed by atoms with Gasteiger partial charge in [-0.3, -0.25) is 0 Å². The maximum absolute atomic E-state index is 12.8. The molecule has 0 saturated carbocycles. The van der Waals surface area contributed by atoms with E-state index in [9.17, 15) is 9.18 Å². The number of hydrogen-bond donors (Lipinski definition) is 1. The first kappa shape index (κ1) is 13.3. The van der Waals surface area contributed by atoms with Gasteiger partial charge in [0.2, 0.25) is 0 Å². The fourth-order valence-corrected chi connectivity index (χ4v) is 1.60. The van der Waals surface area contributed by atoms with Crippen molar-refractivity contribution >= 4 is 23.3 Å². The van der Waals surface area contributed by atoms with Gasteiger partial charge < -0.3 is 10.5 Å². The van der Waals surface area contributed by atoms with E-state index in [-0.39, 0.29) is 17.3 Å². The van der Waals surface area contributed by atoms with Crippen LogP contribution < -0.4 is 5.73 Å². The van der Waals surface area contributed by atoms with Crippen LogP contribution in [0.4, 0.5) is 10.1 Å². The van der Waals surface area contributed by atoms with Crippen molar-refractivity contribution in [1.29, 1.82) is 0 Å². The van der Waals surface area contributed by atoms with Gasteiger partial charge in [0, 0.05) is 5.56 Å². The summed E-state index contributed by atoms with van der Waals surface area (Å²) >= 11 is 5.82. The van der Waals surface area contributed by atoms with E-state index >= 15 is 0 Å². The Labute approximate surface area is 114 Å². The number of esters is 1. The minimum atomic E-state index is -0.597. The van der Waals surface area contributed by atoms with Gasteiger partial charge in [-0.2, -0.15) is 0 Å². The van der Waals surface area contributed by atoms with Crippen molar-refractivity contribution < 1.29 is 13.9 Å². The molecule has 2 N–H and O–H groups in total. The highest BCUT2D eigenvalue weighted by Crippen LogP contribution is 2.18. The third-order valence-corrected chi connectivity index (χ3v) is 2.72. The highest BCUT2D eigenvalue weighted by molar-refractivity contribution is 6.31. The van der Waals surface area contributed by atoms with Gasteiger partial charge in [-0.1, -0.05) is 17.7 Å². The number of nitrogen functional groups attached to an aromatic ring is 1. The predicted molar refractivity (Wildman–Crippen MR) is 69.2 cm³/mol. The van der Waals surface area contributed by atoms with Crippen molar-refractivity contribution in [2.75, 3.05) is 5.73 Å². The first-order valence-electron chi connectivity index (χ1n) is 5.39. The molecule has 1 aromatic carbocycles. The van der Waals surface area contributed by atoms with Crippen LogP contribution in [-0.4, -0.2) is 11.0 Å². The lowest BCUT2D eigenvalue weighted by Gasteiger charge is -2.06. The average molecular weight is 281 g/mol. The normalized spacial score (nSPS) is 10.2. The Bertz CT molecular complexity index is 602. The number of halogens is 2. The quantitative estimate of drug-likeness (QED) is 0.878. The fourth-order valence-electron chi connectivity index (χ4n) is 1.38. The average Bonchev–Trinajstić information content (AvgIpc) is 2.38. The summed E-state index contributed by atoms with van der Waals surface area (Å²) in [6, 6.07) is 6.88. The maximum atomic E-state index is 12.8. The Morgan fingerprint density at radius 2 is 2.16 bits per heavy atom. The van der Waals surface area contributed by atoms with Crippen LogP contribution in [-0.2, 0) is 11.3 Å². The Hall–Kier alpha value is -2.14. The number of rotatable bonds is 3. The Balaban J connectivity index is 2.02. The van der Waals surface area contributed by atoms with Crippen molar-refractivity contribution in [2.45, 2.75) is 6.61 Å². The van der Waals surface area contributed by atoms with Crippen molar-refractivity contribution in [3.8, 4) is 0 Å². The molecule has 0 amide bonds. The molecule has 6 heteroatoms. The summed E-state index contributed by atoms with van der Waals surface area (Å²) in [5.74, 6) is -1.04. The zero-order valence-corrected chi connectivity index (χ0v) is 10.5. The molecule has 2 aromatic rings. The van der Waals surface area contributed by atoms with Crippen molar-refractivity contribution in [1.82, 2.24) is 4.98 Å². The van der Waals surface area contributed by atoms with Crippen molar-refractivity contribution in [2.24, 2.45) is 0 Å². The standard InChI is InChI=1S/C13H10ClFN2O2/c14-11-5-9(15)2-1-8(11)7-19-13(18)12-4-3-10(16)6-17-12/h1-6H,7,16H2. The SMILES string of the molecule is Nc1ccc(C(=O)OCc2ccc(F)cc2Cl)nc1. The fraction of sp³-hybridized carbons (Fsp3) is 0.0769. The molecule has 0 atom stereocenters. The minimum Gasteiger partial charge on any atom is -0.456 e. The molecule has 0 aliphatic heterocycles. The zero-order valence-electron chi connectivity index (χ0n) is 9.77. The van der Waals surface area contributed by atoms with E-state index < -0.39 is 11.8 Å². The first-order chi connectivity index (χ1) is 9.06. The van der Waals surface area contributed by atoms with Gasteiger partial charge in [0.05, 0.1) is 16.9 Å². The minimum absolute atomic E-state index is 0.0516. The largest absolute Gasteiger partial charge is 0.456 e. The molecular formula is C13H10ClFN2O2. The second kappa shape index (κ2) is 5.67. The van der Waals surface area contributed by atoms with Crippen LogP contribution in [0, 0.1) is 5.82 Å². The summed E-state index contributed by atoms with van der Waals surface area (Å²) in [6.07, 6.45) is 1.36. The van der Waals surface area contributed by atoms with Crippen LogP contribution in [0.1, 0.15) is 16.1 Å². The second-order valence-electron chi connectivity index (χ2n) is 3.79. The third-order valence-electron chi connectivity index (χ3n) is 2.37. The Morgan fingerprint density at radius 1 is 1.37 bits per heavy atom. The van der Waals surface area contributed by atoms with E-state index in [0.29, 0.717) is 11.3 Å². The van der Waals surface area contributed by atoms with E-state index in [2.05, 4.69) is 4.98 Å². The van der Waals surface area contributed by atoms with Crippen LogP contribution in [0.2, 0.25) is 5.02 Å². The molecule has 2 rings (SSSR count). The predicted octanol–water partition coefficient (Wildman–Crippen LogP) is 2.81. The molecule has 0 spiro atoms. The van der Waals surface area contributed by atoms with Crippen LogP contribution in [0.5, 0.6) is 0 Å². The van der Waals surface area contributed by atoms with Gasteiger partial charge in [0.1, 0.15) is 18.1 Å². The van der Waals surface area contributed by atoms with Crippen molar-refractivity contribution in [3.05, 3.63) is 58.6 Å². The number of carbonyl (C=O) groups excluding carboxylic acids is 1. The van der Waals surface area contributed by atoms with Gasteiger partial charge in [-0.05, 0) is 24.3 Å². The lowest BCUT2D eigenvalue weighted by atomic mass is 10.2. The first-order valence-corrected chi connectivity index (χ1v) is 5.76. The number of ether oxygens (including phenoxy) is 1. The molecule has 0 bridgehead atoms. The van der Waals surface area contributed by atoms with Crippen LogP contribution in [0.25, 0.3) is 0 Å². The summed E-state index contributed by atoms with van der Waals surface area (Å²) in [5.41, 5.74) is 6.58. The molecule has 0 saturated heterocycles. The number of pyridine rings is 1. The van der Waals surface area contributed by atoms with Crippen LogP contribution >= 0.6 is 11.6 Å². The zero-order chi connectivity index (χ0) is 13.8. The summed E-state index contributed by atoms with van der Waals surface area (Å²) in [6.45, 7) is -0.0516. The highest BCUT2D eigenvalue weighted by Gasteiger charge is 2.10. The number of hydrogen-bond acceptors (Lipinski definition) is 4. The molecule has 98 valence electrons. The third kappa shape index (κ3) is 3.42. The van der Waals surface area contributed by atoms with Gasteiger partial charge in [0.15, 0.2) is 0 Å². The number of benzene rings is 1. The molecule has 0 fully saturated rings. The summed E-state index contributed by atoms with van der Waals surface area (Å²) in [7, 11) is 0. The maximum Gasteiger partial charge on any atom is 0.357 e. The van der Waals surface area contributed by atoms with Crippen LogP contribution in [0.15, 0.2) is 36.5 Å².